The largest absolute Gasteiger partial charge is 0.388 e. The minimum absolute atomic E-state index is 0.384. The van der Waals surface area contributed by atoms with Crippen molar-refractivity contribution in [2.45, 2.75) is 46.1 Å². The monoisotopic (exact) mass is 220 g/mol. The Morgan fingerprint density at radius 2 is 2.12 bits per heavy atom. The van der Waals surface area contributed by atoms with E-state index in [1.807, 2.05) is 6.08 Å². The molecule has 0 aromatic carbocycles. The van der Waals surface area contributed by atoms with Gasteiger partial charge in [-0.25, -0.2) is 0 Å². The standard InChI is InChI=1S/C15H24O/c1-11(2)14-8-5-12(3)6-10-15(16)13(4)7-9-14/h5,7,9,11,14-16H,4,6,8,10H2,1-3H3/b9-7-,12-5-/t14-,15-/m1/s1. The van der Waals surface area contributed by atoms with Gasteiger partial charge in [-0.3, -0.25) is 0 Å². The maximum absolute atomic E-state index is 9.86. The minimum atomic E-state index is -0.384. The van der Waals surface area contributed by atoms with Crippen LogP contribution in [0.4, 0.5) is 0 Å². The van der Waals surface area contributed by atoms with Crippen molar-refractivity contribution in [3.8, 4) is 0 Å². The fraction of sp³-hybridized carbons (Fsp3) is 0.600. The fourth-order valence-electron chi connectivity index (χ4n) is 1.92. The summed E-state index contributed by atoms with van der Waals surface area (Å²) in [6.45, 7) is 10.6. The molecule has 0 radical (unpaired) electrons. The van der Waals surface area contributed by atoms with E-state index in [2.05, 4.69) is 39.5 Å². The number of hydrogen-bond acceptors (Lipinski definition) is 1. The van der Waals surface area contributed by atoms with Crippen LogP contribution < -0.4 is 0 Å². The van der Waals surface area contributed by atoms with E-state index in [9.17, 15) is 5.11 Å². The molecule has 0 heterocycles. The lowest BCUT2D eigenvalue weighted by atomic mass is 9.88. The predicted molar refractivity (Wildman–Crippen MR) is 70.2 cm³/mol. The third kappa shape index (κ3) is 3.97. The fourth-order valence-corrected chi connectivity index (χ4v) is 1.92. The van der Waals surface area contributed by atoms with Gasteiger partial charge in [-0.05, 0) is 43.6 Å². The summed E-state index contributed by atoms with van der Waals surface area (Å²) in [5.74, 6) is 1.18. The van der Waals surface area contributed by atoms with E-state index in [-0.39, 0.29) is 6.10 Å². The zero-order valence-corrected chi connectivity index (χ0v) is 10.7. The highest BCUT2D eigenvalue weighted by molar-refractivity contribution is 5.21. The van der Waals surface area contributed by atoms with Gasteiger partial charge in [0.05, 0.1) is 6.10 Å². The second-order valence-corrected chi connectivity index (χ2v) is 5.18. The van der Waals surface area contributed by atoms with Gasteiger partial charge in [0.15, 0.2) is 0 Å². The molecule has 1 heteroatoms. The van der Waals surface area contributed by atoms with Gasteiger partial charge in [-0.15, -0.1) is 0 Å². The van der Waals surface area contributed by atoms with Gasteiger partial charge in [0.25, 0.3) is 0 Å². The van der Waals surface area contributed by atoms with Gasteiger partial charge < -0.3 is 5.11 Å². The lowest BCUT2D eigenvalue weighted by Gasteiger charge is -2.18. The molecule has 90 valence electrons. The van der Waals surface area contributed by atoms with Gasteiger partial charge in [0.2, 0.25) is 0 Å². The smallest absolute Gasteiger partial charge is 0.0787 e. The molecule has 0 fully saturated rings. The van der Waals surface area contributed by atoms with Crippen molar-refractivity contribution in [2.75, 3.05) is 0 Å². The molecule has 2 atom stereocenters. The molecular formula is C15H24O. The van der Waals surface area contributed by atoms with E-state index < -0.39 is 0 Å². The lowest BCUT2D eigenvalue weighted by molar-refractivity contribution is 0.204. The van der Waals surface area contributed by atoms with Crippen LogP contribution in [0, 0.1) is 11.8 Å². The topological polar surface area (TPSA) is 20.2 Å². The highest BCUT2D eigenvalue weighted by atomic mass is 16.3. The molecule has 0 aromatic heterocycles. The Labute approximate surface area is 99.6 Å². The van der Waals surface area contributed by atoms with E-state index in [4.69, 9.17) is 0 Å². The second-order valence-electron chi connectivity index (χ2n) is 5.18. The van der Waals surface area contributed by atoms with Crippen molar-refractivity contribution in [1.29, 1.82) is 0 Å². The Hall–Kier alpha value is -0.820. The normalized spacial score (nSPS) is 33.3. The molecule has 1 aliphatic carbocycles. The summed E-state index contributed by atoms with van der Waals surface area (Å²) in [5, 5.41) is 9.86. The van der Waals surface area contributed by atoms with E-state index in [0.29, 0.717) is 11.8 Å². The number of rotatable bonds is 1. The molecular weight excluding hydrogens is 196 g/mol. The molecule has 0 aromatic rings. The summed E-state index contributed by atoms with van der Waals surface area (Å²) in [4.78, 5) is 0. The van der Waals surface area contributed by atoms with Gasteiger partial charge in [0, 0.05) is 0 Å². The Balaban J connectivity index is 2.82. The van der Waals surface area contributed by atoms with Crippen molar-refractivity contribution < 1.29 is 5.11 Å². The van der Waals surface area contributed by atoms with Gasteiger partial charge in [0.1, 0.15) is 0 Å². The second kappa shape index (κ2) is 6.05. The average molecular weight is 220 g/mol. The van der Waals surface area contributed by atoms with Crippen molar-refractivity contribution in [1.82, 2.24) is 0 Å². The molecule has 0 amide bonds. The van der Waals surface area contributed by atoms with E-state index >= 15 is 0 Å². The van der Waals surface area contributed by atoms with Crippen molar-refractivity contribution >= 4 is 0 Å². The third-order valence-electron chi connectivity index (χ3n) is 3.39. The summed E-state index contributed by atoms with van der Waals surface area (Å²) >= 11 is 0. The van der Waals surface area contributed by atoms with Gasteiger partial charge in [-0.1, -0.05) is 44.2 Å². The highest BCUT2D eigenvalue weighted by Gasteiger charge is 2.12. The summed E-state index contributed by atoms with van der Waals surface area (Å²) in [7, 11) is 0. The lowest BCUT2D eigenvalue weighted by Crippen LogP contribution is -2.11. The molecule has 1 rings (SSSR count). The molecule has 0 bridgehead atoms. The third-order valence-corrected chi connectivity index (χ3v) is 3.39. The van der Waals surface area contributed by atoms with Crippen LogP contribution in [0.15, 0.2) is 36.0 Å². The van der Waals surface area contributed by atoms with E-state index in [1.165, 1.54) is 5.57 Å². The maximum atomic E-state index is 9.86. The number of hydrogen-bond donors (Lipinski definition) is 1. The van der Waals surface area contributed by atoms with Gasteiger partial charge >= 0.3 is 0 Å². The number of allylic oxidation sites excluding steroid dienone is 3. The molecule has 0 saturated carbocycles. The Bertz CT molecular complexity index is 297. The first-order valence-electron chi connectivity index (χ1n) is 6.21. The van der Waals surface area contributed by atoms with E-state index in [0.717, 1.165) is 24.8 Å². The van der Waals surface area contributed by atoms with Gasteiger partial charge in [-0.2, -0.15) is 0 Å². The molecule has 1 nitrogen and oxygen atoms in total. The average Bonchev–Trinajstić information content (AvgIpc) is 2.23. The Kier molecular flexibility index (Phi) is 5.01. The van der Waals surface area contributed by atoms with Crippen LogP contribution in [0.25, 0.3) is 0 Å². The molecule has 1 N–H and O–H groups in total. The first-order valence-corrected chi connectivity index (χ1v) is 6.21. The minimum Gasteiger partial charge on any atom is -0.388 e. The molecule has 16 heavy (non-hydrogen) atoms. The summed E-state index contributed by atoms with van der Waals surface area (Å²) < 4.78 is 0. The molecule has 0 spiro atoms. The Morgan fingerprint density at radius 3 is 2.75 bits per heavy atom. The summed E-state index contributed by atoms with van der Waals surface area (Å²) in [6.07, 6.45) is 9.00. The Morgan fingerprint density at radius 1 is 1.44 bits per heavy atom. The van der Waals surface area contributed by atoms with E-state index in [1.54, 1.807) is 0 Å². The van der Waals surface area contributed by atoms with Crippen LogP contribution in [0.3, 0.4) is 0 Å². The summed E-state index contributed by atoms with van der Waals surface area (Å²) in [5.41, 5.74) is 2.23. The molecule has 0 unspecified atom stereocenters. The molecule has 0 aliphatic heterocycles. The number of aliphatic hydroxyl groups excluding tert-OH is 1. The van der Waals surface area contributed by atoms with Crippen LogP contribution in [-0.4, -0.2) is 11.2 Å². The van der Waals surface area contributed by atoms with Crippen LogP contribution in [0.5, 0.6) is 0 Å². The molecule has 1 aliphatic rings. The first kappa shape index (κ1) is 13.2. The number of aliphatic hydroxyl groups is 1. The molecule has 0 saturated heterocycles. The van der Waals surface area contributed by atoms with Crippen molar-refractivity contribution in [3.63, 3.8) is 0 Å². The van der Waals surface area contributed by atoms with Crippen LogP contribution in [-0.2, 0) is 0 Å². The predicted octanol–water partition coefficient (Wildman–Crippen LogP) is 3.86. The summed E-state index contributed by atoms with van der Waals surface area (Å²) in [6, 6.07) is 0. The van der Waals surface area contributed by atoms with Crippen molar-refractivity contribution in [2.24, 2.45) is 11.8 Å². The first-order chi connectivity index (χ1) is 7.50. The quantitative estimate of drug-likeness (QED) is 0.665. The zero-order chi connectivity index (χ0) is 12.1. The van der Waals surface area contributed by atoms with Crippen LogP contribution in [0.1, 0.15) is 40.0 Å². The highest BCUT2D eigenvalue weighted by Crippen LogP contribution is 2.23. The van der Waals surface area contributed by atoms with Crippen LogP contribution in [0.2, 0.25) is 0 Å². The van der Waals surface area contributed by atoms with Crippen LogP contribution >= 0.6 is 0 Å². The van der Waals surface area contributed by atoms with Crippen molar-refractivity contribution in [3.05, 3.63) is 36.0 Å². The SMILES string of the molecule is C=C1/C=C\[C@H](C(C)C)C/C=C(/C)CC[C@H]1O. The zero-order valence-electron chi connectivity index (χ0n) is 10.7. The maximum Gasteiger partial charge on any atom is 0.0787 e.